The predicted octanol–water partition coefficient (Wildman–Crippen LogP) is 2.41. The van der Waals surface area contributed by atoms with Crippen LogP contribution in [0.1, 0.15) is 6.42 Å². The summed E-state index contributed by atoms with van der Waals surface area (Å²) >= 11 is 9.26. The van der Waals surface area contributed by atoms with Crippen LogP contribution >= 0.6 is 27.5 Å². The summed E-state index contributed by atoms with van der Waals surface area (Å²) in [6, 6.07) is 5.15. The molecule has 108 valence electrons. The number of benzene rings is 1. The van der Waals surface area contributed by atoms with Gasteiger partial charge in [-0.15, -0.1) is 0 Å². The number of carboxylic acids is 1. The average Bonchev–Trinajstić information content (AvgIpc) is 2.31. The van der Waals surface area contributed by atoms with E-state index in [-0.39, 0.29) is 24.9 Å². The van der Waals surface area contributed by atoms with Gasteiger partial charge in [-0.05, 0) is 18.2 Å². The first kappa shape index (κ1) is 15.1. The molecule has 0 atom stereocenters. The van der Waals surface area contributed by atoms with Crippen LogP contribution in [0.2, 0.25) is 5.02 Å². The molecule has 1 saturated heterocycles. The number of aliphatic carboxylic acids is 1. The summed E-state index contributed by atoms with van der Waals surface area (Å²) in [4.78, 5) is 23.9. The lowest BCUT2D eigenvalue weighted by Crippen LogP contribution is -2.52. The molecule has 1 fully saturated rings. The molecule has 0 radical (unpaired) electrons. The number of carboxylic acid groups (broad SMARTS) is 1. The summed E-state index contributed by atoms with van der Waals surface area (Å²) in [6.07, 6.45) is 0.100. The Morgan fingerprint density at radius 3 is 2.75 bits per heavy atom. The van der Waals surface area contributed by atoms with Crippen LogP contribution < -0.4 is 4.74 Å². The van der Waals surface area contributed by atoms with Crippen molar-refractivity contribution >= 4 is 39.4 Å². The van der Waals surface area contributed by atoms with Crippen LogP contribution in [0.25, 0.3) is 0 Å². The molecule has 1 aromatic rings. The lowest BCUT2D eigenvalue weighted by Gasteiger charge is -2.38. The fourth-order valence-corrected chi connectivity index (χ4v) is 2.70. The number of amides is 1. The molecule has 1 heterocycles. The Labute approximate surface area is 129 Å². The number of halogens is 2. The van der Waals surface area contributed by atoms with E-state index in [1.807, 2.05) is 0 Å². The molecule has 0 unspecified atom stereocenters. The summed E-state index contributed by atoms with van der Waals surface area (Å²) in [5, 5.41) is 9.06. The van der Waals surface area contributed by atoms with Crippen LogP contribution in [0.15, 0.2) is 22.7 Å². The summed E-state index contributed by atoms with van der Waals surface area (Å²) < 4.78 is 6.20. The van der Waals surface area contributed by atoms with Crippen molar-refractivity contribution in [2.45, 2.75) is 6.42 Å². The molecule has 0 saturated carbocycles. The van der Waals surface area contributed by atoms with E-state index in [1.165, 1.54) is 0 Å². The molecule has 1 aliphatic rings. The van der Waals surface area contributed by atoms with E-state index in [9.17, 15) is 9.59 Å². The Morgan fingerprint density at radius 1 is 1.45 bits per heavy atom. The topological polar surface area (TPSA) is 66.8 Å². The average molecular weight is 363 g/mol. The maximum absolute atomic E-state index is 11.8. The van der Waals surface area contributed by atoms with Gasteiger partial charge in [0.2, 0.25) is 0 Å². The third-order valence-electron chi connectivity index (χ3n) is 3.02. The molecule has 0 bridgehead atoms. The molecule has 0 aromatic heterocycles. The first-order valence-electron chi connectivity index (χ1n) is 6.03. The molecule has 1 N–H and O–H groups in total. The Balaban J connectivity index is 1.78. The maximum atomic E-state index is 11.8. The molecule has 0 spiro atoms. The minimum atomic E-state index is -0.833. The van der Waals surface area contributed by atoms with Crippen LogP contribution in [0.4, 0.5) is 0 Å². The first-order valence-corrected chi connectivity index (χ1v) is 7.20. The van der Waals surface area contributed by atoms with E-state index in [1.54, 1.807) is 23.1 Å². The van der Waals surface area contributed by atoms with Crippen molar-refractivity contribution in [2.75, 3.05) is 19.7 Å². The fourth-order valence-electron chi connectivity index (χ4n) is 1.97. The molecule has 0 aliphatic carbocycles. The van der Waals surface area contributed by atoms with Gasteiger partial charge in [0.1, 0.15) is 5.75 Å². The molecule has 1 amide bonds. The van der Waals surface area contributed by atoms with Crippen molar-refractivity contribution in [1.29, 1.82) is 0 Å². The molecule has 1 aromatic carbocycles. The van der Waals surface area contributed by atoms with Crippen LogP contribution in [0.5, 0.6) is 5.75 Å². The third kappa shape index (κ3) is 3.86. The van der Waals surface area contributed by atoms with Gasteiger partial charge in [0.05, 0.1) is 11.4 Å². The second kappa shape index (κ2) is 6.45. The second-order valence-corrected chi connectivity index (χ2v) is 5.95. The SMILES string of the molecule is O=C(O)CC1CN(C(=O)COc2ccc(Br)cc2Cl)C1. The van der Waals surface area contributed by atoms with Crippen molar-refractivity contribution < 1.29 is 19.4 Å². The number of rotatable bonds is 5. The maximum Gasteiger partial charge on any atom is 0.303 e. The van der Waals surface area contributed by atoms with Crippen molar-refractivity contribution in [1.82, 2.24) is 4.90 Å². The minimum absolute atomic E-state index is 0.0488. The summed E-state index contributed by atoms with van der Waals surface area (Å²) in [5.74, 6) is -0.496. The number of nitrogens with zero attached hydrogens (tertiary/aromatic N) is 1. The van der Waals surface area contributed by atoms with Gasteiger partial charge in [-0.2, -0.15) is 0 Å². The zero-order valence-electron chi connectivity index (χ0n) is 10.5. The van der Waals surface area contributed by atoms with Crippen molar-refractivity contribution in [3.63, 3.8) is 0 Å². The molecule has 1 aliphatic heterocycles. The first-order chi connectivity index (χ1) is 9.45. The van der Waals surface area contributed by atoms with Gasteiger partial charge in [-0.25, -0.2) is 0 Å². The van der Waals surface area contributed by atoms with Gasteiger partial charge in [0.15, 0.2) is 6.61 Å². The van der Waals surface area contributed by atoms with Crippen LogP contribution in [0.3, 0.4) is 0 Å². The van der Waals surface area contributed by atoms with Gasteiger partial charge in [0, 0.05) is 23.5 Å². The van der Waals surface area contributed by atoms with Crippen LogP contribution in [-0.2, 0) is 9.59 Å². The number of likely N-dealkylation sites (tertiary alicyclic amines) is 1. The van der Waals surface area contributed by atoms with E-state index in [0.29, 0.717) is 23.9 Å². The second-order valence-electron chi connectivity index (χ2n) is 4.63. The van der Waals surface area contributed by atoms with Crippen LogP contribution in [0, 0.1) is 5.92 Å². The largest absolute Gasteiger partial charge is 0.482 e. The monoisotopic (exact) mass is 361 g/mol. The van der Waals surface area contributed by atoms with Crippen molar-refractivity contribution in [2.24, 2.45) is 5.92 Å². The highest BCUT2D eigenvalue weighted by Gasteiger charge is 2.32. The van der Waals surface area contributed by atoms with Crippen molar-refractivity contribution in [3.05, 3.63) is 27.7 Å². The lowest BCUT2D eigenvalue weighted by atomic mass is 9.96. The Hall–Kier alpha value is -1.27. The fraction of sp³-hybridized carbons (Fsp3) is 0.385. The van der Waals surface area contributed by atoms with E-state index in [4.69, 9.17) is 21.4 Å². The Morgan fingerprint density at radius 2 is 2.15 bits per heavy atom. The van der Waals surface area contributed by atoms with Gasteiger partial charge in [-0.3, -0.25) is 9.59 Å². The van der Waals surface area contributed by atoms with E-state index in [0.717, 1.165) is 4.47 Å². The predicted molar refractivity (Wildman–Crippen MR) is 77.0 cm³/mol. The van der Waals surface area contributed by atoms with Crippen molar-refractivity contribution in [3.8, 4) is 5.75 Å². The molecule has 5 nitrogen and oxygen atoms in total. The van der Waals surface area contributed by atoms with Gasteiger partial charge >= 0.3 is 5.97 Å². The highest BCUT2D eigenvalue weighted by Crippen LogP contribution is 2.28. The molecule has 20 heavy (non-hydrogen) atoms. The molecular weight excluding hydrogens is 350 g/mol. The highest BCUT2D eigenvalue weighted by molar-refractivity contribution is 9.10. The lowest BCUT2D eigenvalue weighted by molar-refractivity contribution is -0.146. The Kier molecular flexibility index (Phi) is 4.88. The third-order valence-corrected chi connectivity index (χ3v) is 3.81. The zero-order valence-corrected chi connectivity index (χ0v) is 12.9. The smallest absolute Gasteiger partial charge is 0.303 e. The van der Waals surface area contributed by atoms with Gasteiger partial charge in [-0.1, -0.05) is 27.5 Å². The zero-order chi connectivity index (χ0) is 14.7. The number of carbonyl (C=O) groups is 2. The number of hydrogen-bond donors (Lipinski definition) is 1. The van der Waals surface area contributed by atoms with E-state index >= 15 is 0 Å². The summed E-state index contributed by atoms with van der Waals surface area (Å²) in [7, 11) is 0. The van der Waals surface area contributed by atoms with Gasteiger partial charge < -0.3 is 14.7 Å². The van der Waals surface area contributed by atoms with E-state index in [2.05, 4.69) is 15.9 Å². The summed E-state index contributed by atoms with van der Waals surface area (Å²) in [6.45, 7) is 0.853. The standard InChI is InChI=1S/C13H13BrClNO4/c14-9-1-2-11(10(15)4-9)20-7-12(17)16-5-8(6-16)3-13(18)19/h1-2,4,8H,3,5-7H2,(H,18,19). The Bertz CT molecular complexity index is 531. The molecular formula is C13H13BrClNO4. The van der Waals surface area contributed by atoms with Crippen LogP contribution in [-0.4, -0.2) is 41.6 Å². The quantitative estimate of drug-likeness (QED) is 0.873. The minimum Gasteiger partial charge on any atom is -0.482 e. The molecule has 7 heteroatoms. The molecule has 2 rings (SSSR count). The number of carbonyl (C=O) groups excluding carboxylic acids is 1. The van der Waals surface area contributed by atoms with Gasteiger partial charge in [0.25, 0.3) is 5.91 Å². The highest BCUT2D eigenvalue weighted by atomic mass is 79.9. The normalized spacial score (nSPS) is 14.8. The van der Waals surface area contributed by atoms with E-state index < -0.39 is 5.97 Å². The number of ether oxygens (including phenoxy) is 1. The summed E-state index contributed by atoms with van der Waals surface area (Å²) in [5.41, 5.74) is 0. The number of hydrogen-bond acceptors (Lipinski definition) is 3.